The van der Waals surface area contributed by atoms with E-state index in [0.29, 0.717) is 0 Å². The van der Waals surface area contributed by atoms with Crippen molar-refractivity contribution in [1.29, 1.82) is 0 Å². The maximum Gasteiger partial charge on any atom is 0.147 e. The van der Waals surface area contributed by atoms with E-state index >= 15 is 0 Å². The summed E-state index contributed by atoms with van der Waals surface area (Å²) >= 11 is 0. The topological polar surface area (TPSA) is 50.9 Å². The Morgan fingerprint density at radius 3 is 2.55 bits per heavy atom. The van der Waals surface area contributed by atoms with E-state index in [1.807, 2.05) is 20.8 Å². The fourth-order valence-electron chi connectivity index (χ4n) is 1.03. The van der Waals surface area contributed by atoms with Crippen LogP contribution in [0.25, 0.3) is 0 Å². The first kappa shape index (κ1) is 8.20. The zero-order valence-corrected chi connectivity index (χ0v) is 7.07. The Kier molecular flexibility index (Phi) is 2.24. The largest absolute Gasteiger partial charge is 0.394 e. The van der Waals surface area contributed by atoms with Crippen molar-refractivity contribution < 1.29 is 5.11 Å². The molecule has 0 saturated heterocycles. The normalized spacial score (nSPS) is 13.5. The second kappa shape index (κ2) is 3.00. The molecule has 4 heteroatoms. The van der Waals surface area contributed by atoms with Crippen LogP contribution in [0.5, 0.6) is 0 Å². The van der Waals surface area contributed by atoms with Crippen LogP contribution in [0.2, 0.25) is 0 Å². The molecule has 11 heavy (non-hydrogen) atoms. The monoisotopic (exact) mass is 155 g/mol. The van der Waals surface area contributed by atoms with Gasteiger partial charge in [-0.3, -0.25) is 0 Å². The van der Waals surface area contributed by atoms with Crippen LogP contribution >= 0.6 is 0 Å². The lowest BCUT2D eigenvalue weighted by Crippen LogP contribution is -2.12. The number of hydrogen-bond acceptors (Lipinski definition) is 3. The summed E-state index contributed by atoms with van der Waals surface area (Å²) in [7, 11) is 0. The van der Waals surface area contributed by atoms with E-state index in [-0.39, 0.29) is 12.6 Å². The van der Waals surface area contributed by atoms with Crippen LogP contribution in [-0.4, -0.2) is 26.5 Å². The summed E-state index contributed by atoms with van der Waals surface area (Å²) in [4.78, 5) is 4.12. The molecule has 0 aliphatic carbocycles. The van der Waals surface area contributed by atoms with Crippen molar-refractivity contribution in [2.45, 2.75) is 26.8 Å². The quantitative estimate of drug-likeness (QED) is 0.674. The van der Waals surface area contributed by atoms with Crippen molar-refractivity contribution >= 4 is 0 Å². The first-order valence-electron chi connectivity index (χ1n) is 3.65. The number of aliphatic hydroxyl groups is 1. The molecule has 1 rings (SSSR count). The van der Waals surface area contributed by atoms with Gasteiger partial charge in [-0.15, -0.1) is 0 Å². The molecule has 62 valence electrons. The van der Waals surface area contributed by atoms with Gasteiger partial charge in [-0.05, 0) is 20.8 Å². The van der Waals surface area contributed by atoms with Crippen LogP contribution in [-0.2, 0) is 0 Å². The van der Waals surface area contributed by atoms with Crippen molar-refractivity contribution in [2.24, 2.45) is 0 Å². The molecule has 1 N–H and O–H groups in total. The van der Waals surface area contributed by atoms with E-state index in [1.54, 1.807) is 4.68 Å². The van der Waals surface area contributed by atoms with Gasteiger partial charge in [0.05, 0.1) is 12.6 Å². The summed E-state index contributed by atoms with van der Waals surface area (Å²) in [6, 6.07) is 0.0243. The third-order valence-electron chi connectivity index (χ3n) is 1.59. The Morgan fingerprint density at radius 1 is 1.55 bits per heavy atom. The molecule has 4 nitrogen and oxygen atoms in total. The van der Waals surface area contributed by atoms with Gasteiger partial charge in [0.25, 0.3) is 0 Å². The van der Waals surface area contributed by atoms with E-state index in [9.17, 15) is 0 Å². The van der Waals surface area contributed by atoms with Gasteiger partial charge in [0.1, 0.15) is 11.6 Å². The Labute approximate surface area is 65.9 Å². The molecule has 0 aliphatic rings. The van der Waals surface area contributed by atoms with Crippen molar-refractivity contribution in [1.82, 2.24) is 14.8 Å². The van der Waals surface area contributed by atoms with Gasteiger partial charge in [-0.2, -0.15) is 5.10 Å². The number of hydrogen-bond donors (Lipinski definition) is 1. The first-order valence-corrected chi connectivity index (χ1v) is 3.65. The number of nitrogens with zero attached hydrogens (tertiary/aromatic N) is 3. The molecule has 1 unspecified atom stereocenters. The Hall–Kier alpha value is -0.900. The number of aliphatic hydroxyl groups excluding tert-OH is 1. The highest BCUT2D eigenvalue weighted by Crippen LogP contribution is 2.05. The third-order valence-corrected chi connectivity index (χ3v) is 1.59. The SMILES string of the molecule is Cc1nc(C)n(C(C)CO)n1. The molecule has 1 aromatic heterocycles. The first-order chi connectivity index (χ1) is 5.15. The minimum absolute atomic E-state index is 0.0243. The highest BCUT2D eigenvalue weighted by atomic mass is 16.3. The van der Waals surface area contributed by atoms with Crippen LogP contribution in [0.15, 0.2) is 0 Å². The van der Waals surface area contributed by atoms with Gasteiger partial charge in [0.15, 0.2) is 0 Å². The lowest BCUT2D eigenvalue weighted by molar-refractivity contribution is 0.227. The van der Waals surface area contributed by atoms with E-state index in [0.717, 1.165) is 11.6 Å². The van der Waals surface area contributed by atoms with Crippen molar-refractivity contribution in [2.75, 3.05) is 6.61 Å². The average molecular weight is 155 g/mol. The summed E-state index contributed by atoms with van der Waals surface area (Å²) in [6.45, 7) is 5.73. The maximum absolute atomic E-state index is 8.83. The third kappa shape index (κ3) is 1.57. The lowest BCUT2D eigenvalue weighted by atomic mass is 10.4. The summed E-state index contributed by atoms with van der Waals surface area (Å²) in [5.74, 6) is 1.60. The second-order valence-electron chi connectivity index (χ2n) is 2.68. The molecule has 1 aromatic rings. The molecule has 0 aliphatic heterocycles. The van der Waals surface area contributed by atoms with Crippen LogP contribution in [0.3, 0.4) is 0 Å². The van der Waals surface area contributed by atoms with Crippen LogP contribution < -0.4 is 0 Å². The van der Waals surface area contributed by atoms with Crippen LogP contribution in [0.1, 0.15) is 24.6 Å². The van der Waals surface area contributed by atoms with Gasteiger partial charge >= 0.3 is 0 Å². The van der Waals surface area contributed by atoms with Gasteiger partial charge in [0, 0.05) is 0 Å². The number of aryl methyl sites for hydroxylation is 2. The Balaban J connectivity index is 2.93. The van der Waals surface area contributed by atoms with E-state index < -0.39 is 0 Å². The van der Waals surface area contributed by atoms with Gasteiger partial charge in [-0.25, -0.2) is 9.67 Å². The average Bonchev–Trinajstić information content (AvgIpc) is 2.28. The van der Waals surface area contributed by atoms with Gasteiger partial charge in [0.2, 0.25) is 0 Å². The molecule has 0 spiro atoms. The predicted octanol–water partition coefficient (Wildman–Crippen LogP) is 0.448. The molecule has 0 bridgehead atoms. The van der Waals surface area contributed by atoms with Crippen LogP contribution in [0, 0.1) is 13.8 Å². The van der Waals surface area contributed by atoms with Crippen molar-refractivity contribution in [3.05, 3.63) is 11.6 Å². The maximum atomic E-state index is 8.83. The minimum Gasteiger partial charge on any atom is -0.394 e. The van der Waals surface area contributed by atoms with Crippen molar-refractivity contribution in [3.8, 4) is 0 Å². The zero-order valence-electron chi connectivity index (χ0n) is 7.07. The molecular formula is C7H13N3O. The number of rotatable bonds is 2. The fourth-order valence-corrected chi connectivity index (χ4v) is 1.03. The predicted molar refractivity (Wildman–Crippen MR) is 41.3 cm³/mol. The summed E-state index contributed by atoms with van der Waals surface area (Å²) < 4.78 is 1.73. The number of aromatic nitrogens is 3. The molecule has 0 saturated carbocycles. The zero-order chi connectivity index (χ0) is 8.43. The summed E-state index contributed by atoms with van der Waals surface area (Å²) in [5.41, 5.74) is 0. The molecule has 1 atom stereocenters. The molecule has 1 heterocycles. The standard InChI is InChI=1S/C7H13N3O/c1-5(4-11)10-7(3)8-6(2)9-10/h5,11H,4H2,1-3H3. The molecule has 0 fully saturated rings. The van der Waals surface area contributed by atoms with E-state index in [4.69, 9.17) is 5.11 Å². The smallest absolute Gasteiger partial charge is 0.147 e. The molecule has 0 amide bonds. The summed E-state index contributed by atoms with van der Waals surface area (Å²) in [6.07, 6.45) is 0. The Morgan fingerprint density at radius 2 is 2.18 bits per heavy atom. The van der Waals surface area contributed by atoms with E-state index in [2.05, 4.69) is 10.1 Å². The molecule has 0 aromatic carbocycles. The summed E-state index contributed by atoms with van der Waals surface area (Å²) in [5, 5.41) is 13.0. The lowest BCUT2D eigenvalue weighted by Gasteiger charge is -2.08. The van der Waals surface area contributed by atoms with E-state index in [1.165, 1.54) is 0 Å². The highest BCUT2D eigenvalue weighted by molar-refractivity contribution is 4.89. The fraction of sp³-hybridized carbons (Fsp3) is 0.714. The minimum atomic E-state index is 0.0243. The Bertz CT molecular complexity index is 244. The second-order valence-corrected chi connectivity index (χ2v) is 2.68. The highest BCUT2D eigenvalue weighted by Gasteiger charge is 2.08. The van der Waals surface area contributed by atoms with Gasteiger partial charge in [-0.1, -0.05) is 0 Å². The van der Waals surface area contributed by atoms with Crippen molar-refractivity contribution in [3.63, 3.8) is 0 Å². The molecule has 0 radical (unpaired) electrons. The molecular weight excluding hydrogens is 142 g/mol. The van der Waals surface area contributed by atoms with Gasteiger partial charge < -0.3 is 5.11 Å². The van der Waals surface area contributed by atoms with Crippen LogP contribution in [0.4, 0.5) is 0 Å².